The van der Waals surface area contributed by atoms with Crippen LogP contribution in [-0.2, 0) is 4.74 Å². The van der Waals surface area contributed by atoms with E-state index in [1.807, 2.05) is 19.9 Å². The monoisotopic (exact) mass is 302 g/mol. The van der Waals surface area contributed by atoms with E-state index in [2.05, 4.69) is 15.9 Å². The topological polar surface area (TPSA) is 35.5 Å². The van der Waals surface area contributed by atoms with Crippen molar-refractivity contribution < 1.29 is 14.3 Å². The van der Waals surface area contributed by atoms with Gasteiger partial charge in [-0.1, -0.05) is 26.0 Å². The molecule has 96 valence electrons. The van der Waals surface area contributed by atoms with Gasteiger partial charge in [-0.15, -0.1) is 0 Å². The highest BCUT2D eigenvalue weighted by Gasteiger charge is 2.18. The summed E-state index contributed by atoms with van der Waals surface area (Å²) in [6, 6.07) is 7.10. The van der Waals surface area contributed by atoms with Gasteiger partial charge in [-0.3, -0.25) is 0 Å². The van der Waals surface area contributed by atoms with Gasteiger partial charge in [-0.2, -0.15) is 0 Å². The fourth-order valence-electron chi connectivity index (χ4n) is 0.888. The minimum atomic E-state index is -0.700. The maximum atomic E-state index is 11.3. The summed E-state index contributed by atoms with van der Waals surface area (Å²) >= 11 is 3.27. The van der Waals surface area contributed by atoms with E-state index >= 15 is 0 Å². The van der Waals surface area contributed by atoms with Gasteiger partial charge in [0.05, 0.1) is 4.47 Å². The summed E-state index contributed by atoms with van der Waals surface area (Å²) in [6.45, 7) is 9.36. The van der Waals surface area contributed by atoms with Gasteiger partial charge in [0.2, 0.25) is 0 Å². The summed E-state index contributed by atoms with van der Waals surface area (Å²) in [5, 5.41) is 0. The van der Waals surface area contributed by atoms with Gasteiger partial charge in [-0.25, -0.2) is 4.79 Å². The van der Waals surface area contributed by atoms with Crippen LogP contribution in [0.15, 0.2) is 28.7 Å². The second kappa shape index (κ2) is 7.33. The molecule has 0 unspecified atom stereocenters. The Balaban J connectivity index is 0.00000121. The predicted octanol–water partition coefficient (Wildman–Crippen LogP) is 4.79. The van der Waals surface area contributed by atoms with Crippen LogP contribution < -0.4 is 4.74 Å². The number of hydrogen-bond donors (Lipinski definition) is 0. The van der Waals surface area contributed by atoms with Crippen molar-refractivity contribution in [3.63, 3.8) is 0 Å². The molecule has 0 saturated heterocycles. The van der Waals surface area contributed by atoms with Crippen LogP contribution in [0.3, 0.4) is 0 Å². The maximum absolute atomic E-state index is 11.3. The summed E-state index contributed by atoms with van der Waals surface area (Å²) in [5.41, 5.74) is -0.543. The molecule has 1 rings (SSSR count). The minimum Gasteiger partial charge on any atom is -0.428 e. The molecule has 0 heterocycles. The maximum Gasteiger partial charge on any atom is 0.514 e. The van der Waals surface area contributed by atoms with Gasteiger partial charge in [0.1, 0.15) is 11.4 Å². The molecule has 0 aliphatic heterocycles. The largest absolute Gasteiger partial charge is 0.514 e. The highest BCUT2D eigenvalue weighted by Crippen LogP contribution is 2.24. The van der Waals surface area contributed by atoms with Gasteiger partial charge < -0.3 is 9.47 Å². The quantitative estimate of drug-likeness (QED) is 0.553. The van der Waals surface area contributed by atoms with Crippen molar-refractivity contribution in [2.24, 2.45) is 0 Å². The molecule has 0 saturated carbocycles. The third-order valence-electron chi connectivity index (χ3n) is 1.42. The number of benzene rings is 1. The number of para-hydroxylation sites is 1. The second-order valence-electron chi connectivity index (χ2n) is 4.00. The molecule has 3 nitrogen and oxygen atoms in total. The van der Waals surface area contributed by atoms with Crippen LogP contribution in [0.2, 0.25) is 0 Å². The average molecular weight is 303 g/mol. The first-order chi connectivity index (χ1) is 7.88. The Bertz CT molecular complexity index is 356. The zero-order valence-electron chi connectivity index (χ0n) is 10.9. The average Bonchev–Trinajstić information content (AvgIpc) is 2.22. The fraction of sp³-hybridized carbons (Fsp3) is 0.462. The lowest BCUT2D eigenvalue weighted by molar-refractivity contribution is 0.0205. The van der Waals surface area contributed by atoms with Crippen molar-refractivity contribution in [1.29, 1.82) is 0 Å². The fourth-order valence-corrected chi connectivity index (χ4v) is 1.25. The van der Waals surface area contributed by atoms with Gasteiger partial charge in [-0.05, 0) is 48.8 Å². The highest BCUT2D eigenvalue weighted by atomic mass is 79.9. The number of halogens is 1. The van der Waals surface area contributed by atoms with Crippen molar-refractivity contribution in [2.75, 3.05) is 0 Å². The Labute approximate surface area is 111 Å². The molecule has 1 aromatic carbocycles. The lowest BCUT2D eigenvalue weighted by Crippen LogP contribution is -2.26. The minimum absolute atomic E-state index is 0.451. The Morgan fingerprint density at radius 3 is 2.18 bits per heavy atom. The third kappa shape index (κ3) is 7.00. The lowest BCUT2D eigenvalue weighted by Gasteiger charge is -2.18. The molecule has 0 N–H and O–H groups in total. The van der Waals surface area contributed by atoms with Gasteiger partial charge in [0.25, 0.3) is 0 Å². The number of carbonyl (C=O) groups excluding carboxylic acids is 1. The molecular weight excluding hydrogens is 284 g/mol. The molecular formula is C13H19BrO3. The Hall–Kier alpha value is -1.03. The zero-order chi connectivity index (χ0) is 13.5. The zero-order valence-corrected chi connectivity index (χ0v) is 12.5. The molecule has 0 aliphatic rings. The van der Waals surface area contributed by atoms with Crippen molar-refractivity contribution in [1.82, 2.24) is 0 Å². The summed E-state index contributed by atoms with van der Waals surface area (Å²) < 4.78 is 10.7. The Morgan fingerprint density at radius 2 is 1.71 bits per heavy atom. The third-order valence-corrected chi connectivity index (χ3v) is 2.07. The second-order valence-corrected chi connectivity index (χ2v) is 4.85. The number of hydrogen-bond acceptors (Lipinski definition) is 3. The first-order valence-electron chi connectivity index (χ1n) is 5.54. The Kier molecular flexibility index (Phi) is 6.88. The number of ether oxygens (including phenoxy) is 2. The SMILES string of the molecule is CC.CC(C)(C)OC(=O)Oc1ccccc1Br. The van der Waals surface area contributed by atoms with Crippen molar-refractivity contribution in [3.8, 4) is 5.75 Å². The summed E-state index contributed by atoms with van der Waals surface area (Å²) in [4.78, 5) is 11.3. The van der Waals surface area contributed by atoms with E-state index in [9.17, 15) is 4.79 Å². The molecule has 0 bridgehead atoms. The molecule has 1 aromatic rings. The first kappa shape index (κ1) is 16.0. The molecule has 0 aliphatic carbocycles. The van der Waals surface area contributed by atoms with Crippen molar-refractivity contribution in [3.05, 3.63) is 28.7 Å². The molecule has 4 heteroatoms. The van der Waals surface area contributed by atoms with E-state index in [1.54, 1.807) is 39.0 Å². The van der Waals surface area contributed by atoms with Gasteiger partial charge in [0.15, 0.2) is 0 Å². The Morgan fingerprint density at radius 1 is 1.18 bits per heavy atom. The standard InChI is InChI=1S/C11H13BrO3.C2H6/c1-11(2,3)15-10(13)14-9-7-5-4-6-8(9)12;1-2/h4-7H,1-3H3;1-2H3. The van der Waals surface area contributed by atoms with Gasteiger partial charge in [0, 0.05) is 0 Å². The van der Waals surface area contributed by atoms with E-state index in [0.717, 1.165) is 4.47 Å². The summed E-state index contributed by atoms with van der Waals surface area (Å²) in [6.07, 6.45) is -0.700. The van der Waals surface area contributed by atoms with Crippen LogP contribution >= 0.6 is 15.9 Å². The van der Waals surface area contributed by atoms with Crippen molar-refractivity contribution >= 4 is 22.1 Å². The number of carbonyl (C=O) groups is 1. The molecule has 0 aromatic heterocycles. The van der Waals surface area contributed by atoms with E-state index in [-0.39, 0.29) is 0 Å². The van der Waals surface area contributed by atoms with Crippen LogP contribution in [0.25, 0.3) is 0 Å². The van der Waals surface area contributed by atoms with E-state index in [1.165, 1.54) is 0 Å². The van der Waals surface area contributed by atoms with E-state index in [0.29, 0.717) is 5.75 Å². The summed E-state index contributed by atoms with van der Waals surface area (Å²) in [7, 11) is 0. The molecule has 0 spiro atoms. The normalized spacial score (nSPS) is 10.0. The van der Waals surface area contributed by atoms with Crippen LogP contribution in [0.5, 0.6) is 5.75 Å². The molecule has 0 fully saturated rings. The number of rotatable bonds is 1. The molecule has 17 heavy (non-hydrogen) atoms. The van der Waals surface area contributed by atoms with Crippen LogP contribution in [0.4, 0.5) is 4.79 Å². The van der Waals surface area contributed by atoms with E-state index < -0.39 is 11.8 Å². The van der Waals surface area contributed by atoms with Crippen LogP contribution in [-0.4, -0.2) is 11.8 Å². The lowest BCUT2D eigenvalue weighted by atomic mass is 10.2. The first-order valence-corrected chi connectivity index (χ1v) is 6.33. The van der Waals surface area contributed by atoms with Crippen LogP contribution in [0.1, 0.15) is 34.6 Å². The van der Waals surface area contributed by atoms with E-state index in [4.69, 9.17) is 9.47 Å². The smallest absolute Gasteiger partial charge is 0.428 e. The molecule has 0 atom stereocenters. The van der Waals surface area contributed by atoms with Crippen molar-refractivity contribution in [2.45, 2.75) is 40.2 Å². The molecule has 0 radical (unpaired) electrons. The van der Waals surface area contributed by atoms with Gasteiger partial charge >= 0.3 is 6.16 Å². The predicted molar refractivity (Wildman–Crippen MR) is 72.4 cm³/mol. The highest BCUT2D eigenvalue weighted by molar-refractivity contribution is 9.10. The molecule has 0 amide bonds. The summed E-state index contributed by atoms with van der Waals surface area (Å²) in [5.74, 6) is 0.451. The van der Waals surface area contributed by atoms with Crippen LogP contribution in [0, 0.1) is 0 Å².